The van der Waals surface area contributed by atoms with Crippen molar-refractivity contribution in [3.05, 3.63) is 74.1 Å². The van der Waals surface area contributed by atoms with E-state index in [-0.39, 0.29) is 10.8 Å². The Kier molecular flexibility index (Phi) is 6.02. The SMILES string of the molecule is CC(Oc1cc(-c2cc(Cl)cc(Cl)c2)cnc1N)c1c(Cl)ccc(F)c1Cl. The van der Waals surface area contributed by atoms with Crippen LogP contribution in [0.15, 0.2) is 42.6 Å². The lowest BCUT2D eigenvalue weighted by molar-refractivity contribution is 0.227. The molecule has 0 spiro atoms. The average molecular weight is 446 g/mol. The third-order valence-corrected chi connectivity index (χ3v) is 5.02. The minimum absolute atomic E-state index is 0.0979. The third-order valence-electron chi connectivity index (χ3n) is 3.87. The predicted molar refractivity (Wildman–Crippen MR) is 110 cm³/mol. The molecule has 0 aliphatic heterocycles. The molecule has 0 aliphatic carbocycles. The molecule has 0 aliphatic rings. The Labute approximate surface area is 175 Å². The number of anilines is 1. The van der Waals surface area contributed by atoms with Crippen LogP contribution < -0.4 is 10.5 Å². The van der Waals surface area contributed by atoms with Gasteiger partial charge in [-0.2, -0.15) is 0 Å². The number of nitrogens with zero attached hydrogens (tertiary/aromatic N) is 1. The van der Waals surface area contributed by atoms with Gasteiger partial charge in [0.2, 0.25) is 0 Å². The summed E-state index contributed by atoms with van der Waals surface area (Å²) in [7, 11) is 0. The fraction of sp³-hybridized carbons (Fsp3) is 0.105. The number of rotatable bonds is 4. The van der Waals surface area contributed by atoms with Gasteiger partial charge in [0.25, 0.3) is 0 Å². The van der Waals surface area contributed by atoms with Gasteiger partial charge < -0.3 is 10.5 Å². The van der Waals surface area contributed by atoms with Crippen molar-refractivity contribution in [3.63, 3.8) is 0 Å². The molecule has 3 nitrogen and oxygen atoms in total. The second-order valence-corrected chi connectivity index (χ2v) is 7.44. The molecule has 2 N–H and O–H groups in total. The number of benzene rings is 2. The number of hydrogen-bond donors (Lipinski definition) is 1. The lowest BCUT2D eigenvalue weighted by atomic mass is 10.1. The normalized spacial score (nSPS) is 12.1. The maximum Gasteiger partial charge on any atom is 0.166 e. The highest BCUT2D eigenvalue weighted by atomic mass is 35.5. The van der Waals surface area contributed by atoms with E-state index in [1.54, 1.807) is 37.4 Å². The minimum atomic E-state index is -0.664. The lowest BCUT2D eigenvalue weighted by Gasteiger charge is -2.19. The van der Waals surface area contributed by atoms with Crippen molar-refractivity contribution in [2.45, 2.75) is 13.0 Å². The van der Waals surface area contributed by atoms with Crippen LogP contribution in [0.25, 0.3) is 11.1 Å². The van der Waals surface area contributed by atoms with Gasteiger partial charge in [-0.25, -0.2) is 9.37 Å². The molecular formula is C19H13Cl4FN2O. The van der Waals surface area contributed by atoms with Gasteiger partial charge in [0.15, 0.2) is 11.6 Å². The molecule has 140 valence electrons. The van der Waals surface area contributed by atoms with Gasteiger partial charge in [0.1, 0.15) is 11.9 Å². The average Bonchev–Trinajstić information content (AvgIpc) is 2.59. The molecule has 1 atom stereocenters. The van der Waals surface area contributed by atoms with Crippen LogP contribution in [0.1, 0.15) is 18.6 Å². The van der Waals surface area contributed by atoms with Crippen LogP contribution >= 0.6 is 46.4 Å². The van der Waals surface area contributed by atoms with E-state index in [0.29, 0.717) is 31.9 Å². The molecule has 0 saturated carbocycles. The van der Waals surface area contributed by atoms with Crippen LogP contribution in [-0.4, -0.2) is 4.98 Å². The van der Waals surface area contributed by atoms with E-state index in [1.807, 2.05) is 0 Å². The number of nitrogens with two attached hydrogens (primary N) is 1. The van der Waals surface area contributed by atoms with E-state index in [4.69, 9.17) is 56.9 Å². The van der Waals surface area contributed by atoms with E-state index in [1.165, 1.54) is 12.1 Å². The molecule has 3 aromatic rings. The molecule has 0 amide bonds. The largest absolute Gasteiger partial charge is 0.482 e. The van der Waals surface area contributed by atoms with E-state index in [0.717, 1.165) is 5.56 Å². The van der Waals surface area contributed by atoms with Crippen molar-refractivity contribution in [1.29, 1.82) is 0 Å². The molecule has 27 heavy (non-hydrogen) atoms. The summed E-state index contributed by atoms with van der Waals surface area (Å²) in [6.07, 6.45) is 0.916. The van der Waals surface area contributed by atoms with Gasteiger partial charge in [0, 0.05) is 32.4 Å². The van der Waals surface area contributed by atoms with Crippen molar-refractivity contribution < 1.29 is 9.13 Å². The maximum absolute atomic E-state index is 13.8. The smallest absolute Gasteiger partial charge is 0.166 e. The lowest BCUT2D eigenvalue weighted by Crippen LogP contribution is -2.08. The van der Waals surface area contributed by atoms with Crippen molar-refractivity contribution in [3.8, 4) is 16.9 Å². The maximum atomic E-state index is 13.8. The van der Waals surface area contributed by atoms with Crippen molar-refractivity contribution >= 4 is 52.2 Å². The van der Waals surface area contributed by atoms with Crippen LogP contribution in [0.3, 0.4) is 0 Å². The van der Waals surface area contributed by atoms with E-state index in [2.05, 4.69) is 4.98 Å². The predicted octanol–water partition coefficient (Wildman–Crippen LogP) is 7.22. The highest BCUT2D eigenvalue weighted by Gasteiger charge is 2.20. The first-order valence-electron chi connectivity index (χ1n) is 7.78. The monoisotopic (exact) mass is 444 g/mol. The summed E-state index contributed by atoms with van der Waals surface area (Å²) in [4.78, 5) is 4.15. The number of pyridine rings is 1. The molecule has 1 aromatic heterocycles. The van der Waals surface area contributed by atoms with Gasteiger partial charge >= 0.3 is 0 Å². The molecule has 1 heterocycles. The fourth-order valence-electron chi connectivity index (χ4n) is 2.59. The van der Waals surface area contributed by atoms with Crippen LogP contribution in [0.5, 0.6) is 5.75 Å². The Morgan fingerprint density at radius 2 is 1.67 bits per heavy atom. The zero-order chi connectivity index (χ0) is 19.7. The summed E-state index contributed by atoms with van der Waals surface area (Å²) >= 11 is 24.3. The molecule has 2 aromatic carbocycles. The van der Waals surface area contributed by atoms with Crippen molar-refractivity contribution in [2.75, 3.05) is 5.73 Å². The Balaban J connectivity index is 1.97. The first-order valence-corrected chi connectivity index (χ1v) is 9.29. The Morgan fingerprint density at radius 3 is 2.33 bits per heavy atom. The van der Waals surface area contributed by atoms with E-state index < -0.39 is 11.9 Å². The Morgan fingerprint density at radius 1 is 1.00 bits per heavy atom. The van der Waals surface area contributed by atoms with E-state index in [9.17, 15) is 4.39 Å². The summed E-state index contributed by atoms with van der Waals surface area (Å²) in [5, 5.41) is 1.17. The van der Waals surface area contributed by atoms with Crippen molar-refractivity contribution in [1.82, 2.24) is 4.98 Å². The Hall–Kier alpha value is -1.72. The highest BCUT2D eigenvalue weighted by molar-refractivity contribution is 6.36. The summed E-state index contributed by atoms with van der Waals surface area (Å²) in [6.45, 7) is 1.69. The topological polar surface area (TPSA) is 48.1 Å². The molecule has 0 radical (unpaired) electrons. The van der Waals surface area contributed by atoms with Crippen molar-refractivity contribution in [2.24, 2.45) is 0 Å². The Bertz CT molecular complexity index is 993. The van der Waals surface area contributed by atoms with Crippen LogP contribution in [0, 0.1) is 5.82 Å². The molecular weight excluding hydrogens is 433 g/mol. The summed E-state index contributed by atoms with van der Waals surface area (Å²) in [5.41, 5.74) is 7.71. The molecule has 0 bridgehead atoms. The quantitative estimate of drug-likeness (QED) is 0.431. The number of ether oxygens (including phenoxy) is 1. The second-order valence-electron chi connectivity index (χ2n) is 5.78. The fourth-order valence-corrected chi connectivity index (χ4v) is 3.80. The summed E-state index contributed by atoms with van der Waals surface area (Å²) in [5.74, 6) is -0.116. The summed E-state index contributed by atoms with van der Waals surface area (Å²) in [6, 6.07) is 9.43. The summed E-state index contributed by atoms with van der Waals surface area (Å²) < 4.78 is 19.7. The molecule has 1 unspecified atom stereocenters. The molecule has 8 heteroatoms. The van der Waals surface area contributed by atoms with Gasteiger partial charge in [-0.3, -0.25) is 0 Å². The van der Waals surface area contributed by atoms with Gasteiger partial charge in [-0.05, 0) is 48.9 Å². The van der Waals surface area contributed by atoms with Crippen LogP contribution in [0.4, 0.5) is 10.2 Å². The standard InChI is InChI=1S/C19H13Cl4FN2O/c1-9(17-14(22)2-3-15(24)18(17)23)27-16-6-11(8-26-19(16)25)10-4-12(20)7-13(21)5-10/h2-9H,1H3,(H2,25,26). The van der Waals surface area contributed by atoms with Gasteiger partial charge in [0.05, 0.1) is 5.02 Å². The number of aromatic nitrogens is 1. The first-order chi connectivity index (χ1) is 12.8. The zero-order valence-electron chi connectivity index (χ0n) is 13.9. The number of halogens is 5. The zero-order valence-corrected chi connectivity index (χ0v) is 17.0. The van der Waals surface area contributed by atoms with Crippen LogP contribution in [0.2, 0.25) is 20.1 Å². The van der Waals surface area contributed by atoms with E-state index >= 15 is 0 Å². The molecule has 0 fully saturated rings. The second kappa shape index (κ2) is 8.11. The molecule has 3 rings (SSSR count). The third kappa shape index (κ3) is 4.41. The first kappa shape index (κ1) is 20.0. The van der Waals surface area contributed by atoms with Crippen LogP contribution in [-0.2, 0) is 0 Å². The molecule has 0 saturated heterocycles. The van der Waals surface area contributed by atoms with Gasteiger partial charge in [-0.1, -0.05) is 46.4 Å². The minimum Gasteiger partial charge on any atom is -0.482 e. The van der Waals surface area contributed by atoms with Gasteiger partial charge in [-0.15, -0.1) is 0 Å². The number of nitrogen functional groups attached to an aromatic ring is 1. The highest BCUT2D eigenvalue weighted by Crippen LogP contribution is 2.37. The number of hydrogen-bond acceptors (Lipinski definition) is 3.